The Labute approximate surface area is 128 Å². The highest BCUT2D eigenvalue weighted by Gasteiger charge is 2.29. The van der Waals surface area contributed by atoms with Crippen LogP contribution in [0.25, 0.3) is 0 Å². The van der Waals surface area contributed by atoms with E-state index in [1.807, 2.05) is 30.0 Å². The monoisotopic (exact) mass is 299 g/mol. The number of nitrogens with one attached hydrogen (secondary N) is 1. The van der Waals surface area contributed by atoms with Gasteiger partial charge < -0.3 is 10.2 Å². The molecular weight excluding hydrogens is 282 g/mol. The molecule has 0 amide bonds. The highest BCUT2D eigenvalue weighted by Crippen LogP contribution is 2.39. The predicted octanol–water partition coefficient (Wildman–Crippen LogP) is 2.90. The Morgan fingerprint density at radius 2 is 2.18 bits per heavy atom. The maximum absolute atomic E-state index is 11.5. The second-order valence-electron chi connectivity index (χ2n) is 5.07. The van der Waals surface area contributed by atoms with Crippen LogP contribution in [0.2, 0.25) is 0 Å². The van der Waals surface area contributed by atoms with E-state index in [1.54, 1.807) is 0 Å². The Balaban J connectivity index is 2.13. The lowest BCUT2D eigenvalue weighted by molar-refractivity contribution is -0.383. The molecule has 0 aliphatic carbocycles. The van der Waals surface area contributed by atoms with Gasteiger partial charge in [-0.25, -0.2) is 9.97 Å². The summed E-state index contributed by atoms with van der Waals surface area (Å²) in [5.74, 6) is 0.614. The second-order valence-corrected chi connectivity index (χ2v) is 5.07. The molecule has 114 valence electrons. The summed E-state index contributed by atoms with van der Waals surface area (Å²) in [6, 6.07) is 7.96. The number of nitro groups is 1. The number of rotatable bonds is 4. The molecular formula is C15H17N5O2. The van der Waals surface area contributed by atoms with E-state index < -0.39 is 4.92 Å². The van der Waals surface area contributed by atoms with Crippen LogP contribution in [0.3, 0.4) is 0 Å². The quantitative estimate of drug-likeness (QED) is 0.690. The summed E-state index contributed by atoms with van der Waals surface area (Å²) < 4.78 is 0. The van der Waals surface area contributed by atoms with Crippen molar-refractivity contribution in [3.05, 3.63) is 46.3 Å². The normalized spacial score (nSPS) is 13.6. The first-order valence-corrected chi connectivity index (χ1v) is 7.31. The molecule has 3 rings (SSSR count). The van der Waals surface area contributed by atoms with Crippen LogP contribution in [-0.4, -0.2) is 28.0 Å². The number of benzene rings is 1. The fraction of sp³-hybridized carbons (Fsp3) is 0.333. The molecule has 1 N–H and O–H groups in total. The van der Waals surface area contributed by atoms with Crippen molar-refractivity contribution in [3.63, 3.8) is 0 Å². The van der Waals surface area contributed by atoms with E-state index in [0.717, 1.165) is 18.5 Å². The summed E-state index contributed by atoms with van der Waals surface area (Å²) in [5, 5.41) is 14.5. The molecule has 0 atom stereocenters. The van der Waals surface area contributed by atoms with Crippen LogP contribution < -0.4 is 10.2 Å². The SMILES string of the molecule is CCNc1ncnc(N2CCCc3ccccc32)c1[N+](=O)[O-]. The molecule has 2 heterocycles. The van der Waals surface area contributed by atoms with Gasteiger partial charge in [0.25, 0.3) is 0 Å². The summed E-state index contributed by atoms with van der Waals surface area (Å²) in [6.07, 6.45) is 3.29. The first-order chi connectivity index (χ1) is 10.7. The molecule has 1 aliphatic rings. The van der Waals surface area contributed by atoms with Gasteiger partial charge in [0.05, 0.1) is 4.92 Å². The summed E-state index contributed by atoms with van der Waals surface area (Å²) in [7, 11) is 0. The number of hydrogen-bond acceptors (Lipinski definition) is 6. The zero-order valence-electron chi connectivity index (χ0n) is 12.3. The van der Waals surface area contributed by atoms with Crippen molar-refractivity contribution >= 4 is 23.0 Å². The molecule has 0 unspecified atom stereocenters. The standard InChI is InChI=1S/C15H17N5O2/c1-2-16-14-13(20(21)22)15(18-10-17-14)19-9-5-7-11-6-3-4-8-12(11)19/h3-4,6,8,10H,2,5,7,9H2,1H3,(H,16,17,18). The molecule has 0 saturated heterocycles. The Bertz CT molecular complexity index is 704. The fourth-order valence-corrected chi connectivity index (χ4v) is 2.79. The highest BCUT2D eigenvalue weighted by atomic mass is 16.6. The third-order valence-electron chi connectivity index (χ3n) is 3.70. The van der Waals surface area contributed by atoms with E-state index in [4.69, 9.17) is 0 Å². The number of aromatic nitrogens is 2. The number of aryl methyl sites for hydroxylation is 1. The lowest BCUT2D eigenvalue weighted by atomic mass is 10.0. The van der Waals surface area contributed by atoms with Crippen molar-refractivity contribution < 1.29 is 4.92 Å². The minimum absolute atomic E-state index is 0.0685. The first-order valence-electron chi connectivity index (χ1n) is 7.31. The van der Waals surface area contributed by atoms with E-state index >= 15 is 0 Å². The molecule has 1 aromatic heterocycles. The van der Waals surface area contributed by atoms with Gasteiger partial charge in [0.15, 0.2) is 0 Å². The van der Waals surface area contributed by atoms with Crippen molar-refractivity contribution in [2.75, 3.05) is 23.3 Å². The maximum atomic E-state index is 11.5. The number of hydrogen-bond donors (Lipinski definition) is 1. The minimum Gasteiger partial charge on any atom is -0.364 e. The van der Waals surface area contributed by atoms with Gasteiger partial charge in [-0.05, 0) is 31.4 Å². The van der Waals surface area contributed by atoms with Crippen LogP contribution in [0.1, 0.15) is 18.9 Å². The van der Waals surface area contributed by atoms with Gasteiger partial charge in [0.1, 0.15) is 6.33 Å². The Morgan fingerprint density at radius 1 is 1.36 bits per heavy atom. The van der Waals surface area contributed by atoms with Crippen LogP contribution in [0.5, 0.6) is 0 Å². The summed E-state index contributed by atoms with van der Waals surface area (Å²) >= 11 is 0. The molecule has 22 heavy (non-hydrogen) atoms. The van der Waals surface area contributed by atoms with Crippen molar-refractivity contribution in [2.24, 2.45) is 0 Å². The zero-order valence-corrected chi connectivity index (χ0v) is 12.3. The van der Waals surface area contributed by atoms with Gasteiger partial charge in [-0.3, -0.25) is 10.1 Å². The molecule has 7 nitrogen and oxygen atoms in total. The molecule has 7 heteroatoms. The van der Waals surface area contributed by atoms with Gasteiger partial charge >= 0.3 is 5.69 Å². The zero-order chi connectivity index (χ0) is 15.5. The third kappa shape index (κ3) is 2.45. The van der Waals surface area contributed by atoms with E-state index in [2.05, 4.69) is 21.4 Å². The number of nitrogens with zero attached hydrogens (tertiary/aromatic N) is 4. The molecule has 0 radical (unpaired) electrons. The number of anilines is 3. The van der Waals surface area contributed by atoms with Crippen LogP contribution >= 0.6 is 0 Å². The van der Waals surface area contributed by atoms with Gasteiger partial charge in [0.2, 0.25) is 11.6 Å². The average Bonchev–Trinajstić information content (AvgIpc) is 2.54. The van der Waals surface area contributed by atoms with Crippen LogP contribution in [0, 0.1) is 10.1 Å². The fourth-order valence-electron chi connectivity index (χ4n) is 2.79. The van der Waals surface area contributed by atoms with E-state index in [-0.39, 0.29) is 11.5 Å². The maximum Gasteiger partial charge on any atom is 0.353 e. The second kappa shape index (κ2) is 5.97. The lowest BCUT2D eigenvalue weighted by Gasteiger charge is -2.30. The Morgan fingerprint density at radius 3 is 2.95 bits per heavy atom. The first kappa shape index (κ1) is 14.2. The van der Waals surface area contributed by atoms with Crippen LogP contribution in [0.4, 0.5) is 23.0 Å². The van der Waals surface area contributed by atoms with Crippen molar-refractivity contribution in [1.82, 2.24) is 9.97 Å². The Hall–Kier alpha value is -2.70. The smallest absolute Gasteiger partial charge is 0.353 e. The summed E-state index contributed by atoms with van der Waals surface area (Å²) in [4.78, 5) is 21.2. The predicted molar refractivity (Wildman–Crippen MR) is 84.6 cm³/mol. The van der Waals surface area contributed by atoms with Gasteiger partial charge in [-0.2, -0.15) is 0 Å². The van der Waals surface area contributed by atoms with Crippen molar-refractivity contribution in [1.29, 1.82) is 0 Å². The molecule has 0 spiro atoms. The largest absolute Gasteiger partial charge is 0.364 e. The molecule has 0 saturated carbocycles. The van der Waals surface area contributed by atoms with Crippen molar-refractivity contribution in [3.8, 4) is 0 Å². The molecule has 0 fully saturated rings. The van der Waals surface area contributed by atoms with E-state index in [1.165, 1.54) is 11.9 Å². The van der Waals surface area contributed by atoms with E-state index in [0.29, 0.717) is 18.9 Å². The summed E-state index contributed by atoms with van der Waals surface area (Å²) in [6.45, 7) is 3.15. The van der Waals surface area contributed by atoms with Crippen molar-refractivity contribution in [2.45, 2.75) is 19.8 Å². The molecule has 0 bridgehead atoms. The number of fused-ring (bicyclic) bond motifs is 1. The Kier molecular flexibility index (Phi) is 3.86. The molecule has 1 aliphatic heterocycles. The third-order valence-corrected chi connectivity index (χ3v) is 3.70. The summed E-state index contributed by atoms with van der Waals surface area (Å²) in [5.41, 5.74) is 2.10. The van der Waals surface area contributed by atoms with Gasteiger partial charge in [-0.15, -0.1) is 0 Å². The van der Waals surface area contributed by atoms with Gasteiger partial charge in [-0.1, -0.05) is 18.2 Å². The van der Waals surface area contributed by atoms with E-state index in [9.17, 15) is 10.1 Å². The molecule has 2 aromatic rings. The van der Waals surface area contributed by atoms with Crippen LogP contribution in [0.15, 0.2) is 30.6 Å². The number of para-hydroxylation sites is 1. The topological polar surface area (TPSA) is 84.2 Å². The lowest BCUT2D eigenvalue weighted by Crippen LogP contribution is -2.26. The minimum atomic E-state index is -0.412. The average molecular weight is 299 g/mol. The highest BCUT2D eigenvalue weighted by molar-refractivity contribution is 5.77. The van der Waals surface area contributed by atoms with Crippen LogP contribution in [-0.2, 0) is 6.42 Å². The van der Waals surface area contributed by atoms with Gasteiger partial charge in [0, 0.05) is 18.8 Å². The molecule has 1 aromatic carbocycles.